The molecule has 0 N–H and O–H groups in total. The summed E-state index contributed by atoms with van der Waals surface area (Å²) in [6.45, 7) is 4.79. The van der Waals surface area contributed by atoms with Crippen molar-refractivity contribution in [2.75, 3.05) is 0 Å². The zero-order valence-electron chi connectivity index (χ0n) is 8.73. The molecule has 0 fully saturated rings. The molecular weight excluding hydrogens is 208 g/mol. The molecule has 0 atom stereocenters. The smallest absolute Gasteiger partial charge is 0.160 e. The quantitative estimate of drug-likeness (QED) is 0.744. The second-order valence-electron chi connectivity index (χ2n) is 3.56. The number of hydrogen-bond donors (Lipinski definition) is 0. The minimum Gasteiger partial charge on any atom is -0.297 e. The van der Waals surface area contributed by atoms with Gasteiger partial charge in [-0.05, 0) is 31.0 Å². The Morgan fingerprint density at radius 3 is 2.87 bits per heavy atom. The number of hydrogen-bond acceptors (Lipinski definition) is 3. The molecule has 2 rings (SSSR count). The Morgan fingerprint density at radius 1 is 1.53 bits per heavy atom. The van der Waals surface area contributed by atoms with E-state index in [1.165, 1.54) is 21.8 Å². The summed E-state index contributed by atoms with van der Waals surface area (Å²) in [6, 6.07) is 1.93. The highest BCUT2D eigenvalue weighted by Gasteiger charge is 2.05. The summed E-state index contributed by atoms with van der Waals surface area (Å²) in [5.41, 5.74) is 2.32. The third-order valence-corrected chi connectivity index (χ3v) is 3.27. The fourth-order valence-electron chi connectivity index (χ4n) is 1.49. The van der Waals surface area contributed by atoms with Crippen LogP contribution in [-0.4, -0.2) is 16.1 Å². The van der Waals surface area contributed by atoms with Gasteiger partial charge in [0, 0.05) is 11.1 Å². The highest BCUT2D eigenvalue weighted by Crippen LogP contribution is 2.20. The van der Waals surface area contributed by atoms with Crippen molar-refractivity contribution in [3.63, 3.8) is 0 Å². The van der Waals surface area contributed by atoms with Crippen LogP contribution in [0.2, 0.25) is 0 Å². The largest absolute Gasteiger partial charge is 0.297 e. The summed E-state index contributed by atoms with van der Waals surface area (Å²) in [7, 11) is 0. The molecule has 0 aliphatic carbocycles. The van der Waals surface area contributed by atoms with Gasteiger partial charge in [-0.15, -0.1) is 11.3 Å². The van der Waals surface area contributed by atoms with E-state index in [4.69, 9.17) is 0 Å². The fourth-order valence-corrected chi connectivity index (χ4v) is 2.35. The van der Waals surface area contributed by atoms with Gasteiger partial charge < -0.3 is 0 Å². The molecule has 4 heteroatoms. The standard InChI is InChI=1S/C11H12N2OS/c1-8-4-12-13(5-8)6-10-3-11(7-14)15-9(10)2/h3-5,7H,6H2,1-2H3. The summed E-state index contributed by atoms with van der Waals surface area (Å²) >= 11 is 1.53. The van der Waals surface area contributed by atoms with Crippen LogP contribution < -0.4 is 0 Å². The normalized spacial score (nSPS) is 10.5. The zero-order chi connectivity index (χ0) is 10.8. The Balaban J connectivity index is 2.23. The van der Waals surface area contributed by atoms with Gasteiger partial charge in [0.1, 0.15) is 0 Å². The van der Waals surface area contributed by atoms with Crippen molar-refractivity contribution in [2.24, 2.45) is 0 Å². The number of carbonyl (C=O) groups is 1. The van der Waals surface area contributed by atoms with Crippen molar-refractivity contribution in [1.29, 1.82) is 0 Å². The molecule has 0 saturated heterocycles. The van der Waals surface area contributed by atoms with E-state index in [0.29, 0.717) is 0 Å². The molecule has 0 bridgehead atoms. The minimum absolute atomic E-state index is 0.740. The second-order valence-corrected chi connectivity index (χ2v) is 4.85. The van der Waals surface area contributed by atoms with Gasteiger partial charge in [-0.3, -0.25) is 9.48 Å². The van der Waals surface area contributed by atoms with Gasteiger partial charge in [0.05, 0.1) is 17.6 Å². The van der Waals surface area contributed by atoms with E-state index in [0.717, 1.165) is 23.3 Å². The molecule has 3 nitrogen and oxygen atoms in total. The van der Waals surface area contributed by atoms with Crippen molar-refractivity contribution >= 4 is 17.6 Å². The lowest BCUT2D eigenvalue weighted by Gasteiger charge is -1.99. The lowest BCUT2D eigenvalue weighted by molar-refractivity contribution is 0.112. The predicted octanol–water partition coefficient (Wildman–Crippen LogP) is 2.42. The Morgan fingerprint density at radius 2 is 2.33 bits per heavy atom. The van der Waals surface area contributed by atoms with Crippen LogP contribution in [0.15, 0.2) is 18.5 Å². The molecule has 2 heterocycles. The second kappa shape index (κ2) is 3.98. The van der Waals surface area contributed by atoms with E-state index < -0.39 is 0 Å². The Labute approximate surface area is 92.4 Å². The van der Waals surface area contributed by atoms with Crippen LogP contribution in [0.3, 0.4) is 0 Å². The molecule has 15 heavy (non-hydrogen) atoms. The minimum atomic E-state index is 0.740. The first-order chi connectivity index (χ1) is 7.19. The van der Waals surface area contributed by atoms with Crippen LogP contribution in [0.25, 0.3) is 0 Å². The molecule has 0 unspecified atom stereocenters. The van der Waals surface area contributed by atoms with E-state index >= 15 is 0 Å². The maximum absolute atomic E-state index is 10.6. The number of carbonyl (C=O) groups excluding carboxylic acids is 1. The number of aromatic nitrogens is 2. The Bertz CT molecular complexity index is 484. The summed E-state index contributed by atoms with van der Waals surface area (Å²) in [4.78, 5) is 12.6. The number of rotatable bonds is 3. The lowest BCUT2D eigenvalue weighted by Crippen LogP contribution is -1.99. The van der Waals surface area contributed by atoms with E-state index in [9.17, 15) is 4.79 Å². The van der Waals surface area contributed by atoms with E-state index in [2.05, 4.69) is 5.10 Å². The van der Waals surface area contributed by atoms with Gasteiger partial charge in [0.2, 0.25) is 0 Å². The van der Waals surface area contributed by atoms with Crippen molar-refractivity contribution < 1.29 is 4.79 Å². The molecule has 2 aromatic heterocycles. The third-order valence-electron chi connectivity index (χ3n) is 2.25. The SMILES string of the molecule is Cc1cnn(Cc2cc(C=O)sc2C)c1. The van der Waals surface area contributed by atoms with Crippen LogP contribution >= 0.6 is 11.3 Å². The first kappa shape index (κ1) is 10.1. The van der Waals surface area contributed by atoms with Crippen molar-refractivity contribution in [1.82, 2.24) is 9.78 Å². The number of nitrogens with zero attached hydrogens (tertiary/aromatic N) is 2. The number of thiophene rings is 1. The maximum Gasteiger partial charge on any atom is 0.160 e. The molecule has 0 amide bonds. The number of aryl methyl sites for hydroxylation is 2. The van der Waals surface area contributed by atoms with Gasteiger partial charge in [-0.2, -0.15) is 5.10 Å². The zero-order valence-corrected chi connectivity index (χ0v) is 9.54. The molecule has 78 valence electrons. The molecule has 0 spiro atoms. The van der Waals surface area contributed by atoms with Gasteiger partial charge in [0.25, 0.3) is 0 Å². The first-order valence-corrected chi connectivity index (χ1v) is 5.54. The maximum atomic E-state index is 10.6. The molecule has 0 saturated carbocycles. The highest BCUT2D eigenvalue weighted by atomic mass is 32.1. The first-order valence-electron chi connectivity index (χ1n) is 4.72. The molecule has 2 aromatic rings. The monoisotopic (exact) mass is 220 g/mol. The van der Waals surface area contributed by atoms with Crippen LogP contribution in [0.5, 0.6) is 0 Å². The van der Waals surface area contributed by atoms with Crippen LogP contribution in [0.4, 0.5) is 0 Å². The summed E-state index contributed by atoms with van der Waals surface area (Å²) in [6.07, 6.45) is 4.73. The van der Waals surface area contributed by atoms with E-state index in [-0.39, 0.29) is 0 Å². The molecule has 0 aliphatic heterocycles. The number of aldehydes is 1. The van der Waals surface area contributed by atoms with E-state index in [1.54, 1.807) is 0 Å². The van der Waals surface area contributed by atoms with Gasteiger partial charge in [-0.1, -0.05) is 0 Å². The van der Waals surface area contributed by atoms with Crippen LogP contribution in [-0.2, 0) is 6.54 Å². The summed E-state index contributed by atoms with van der Waals surface area (Å²) < 4.78 is 1.89. The van der Waals surface area contributed by atoms with Crippen molar-refractivity contribution in [2.45, 2.75) is 20.4 Å². The average molecular weight is 220 g/mol. The van der Waals surface area contributed by atoms with Crippen LogP contribution in [0, 0.1) is 13.8 Å². The predicted molar refractivity (Wildman–Crippen MR) is 60.5 cm³/mol. The average Bonchev–Trinajstić information content (AvgIpc) is 2.75. The summed E-state index contributed by atoms with van der Waals surface area (Å²) in [5, 5.41) is 4.22. The molecule has 0 radical (unpaired) electrons. The van der Waals surface area contributed by atoms with Gasteiger partial charge in [0.15, 0.2) is 6.29 Å². The van der Waals surface area contributed by atoms with Gasteiger partial charge in [-0.25, -0.2) is 0 Å². The van der Waals surface area contributed by atoms with Crippen LogP contribution in [0.1, 0.15) is 25.7 Å². The molecule has 0 aromatic carbocycles. The fraction of sp³-hybridized carbons (Fsp3) is 0.273. The Kier molecular flexibility index (Phi) is 2.68. The Hall–Kier alpha value is -1.42. The lowest BCUT2D eigenvalue weighted by atomic mass is 10.2. The highest BCUT2D eigenvalue weighted by molar-refractivity contribution is 7.13. The van der Waals surface area contributed by atoms with Crippen molar-refractivity contribution in [3.8, 4) is 0 Å². The van der Waals surface area contributed by atoms with E-state index in [1.807, 2.05) is 37.0 Å². The van der Waals surface area contributed by atoms with Crippen molar-refractivity contribution in [3.05, 3.63) is 39.3 Å². The molecule has 0 aliphatic rings. The van der Waals surface area contributed by atoms with Gasteiger partial charge >= 0.3 is 0 Å². The topological polar surface area (TPSA) is 34.9 Å². The third kappa shape index (κ3) is 2.15. The molecular formula is C11H12N2OS. The summed E-state index contributed by atoms with van der Waals surface area (Å²) in [5.74, 6) is 0.